The number of carboxylic acid groups (broad SMARTS) is 1. The molecule has 1 aliphatic rings. The molecule has 0 spiro atoms. The molecule has 0 fully saturated rings. The van der Waals surface area contributed by atoms with Gasteiger partial charge in [0.1, 0.15) is 0 Å². The van der Waals surface area contributed by atoms with Crippen molar-refractivity contribution in [3.8, 4) is 0 Å². The van der Waals surface area contributed by atoms with Crippen LogP contribution in [0, 0.1) is 0 Å². The van der Waals surface area contributed by atoms with Gasteiger partial charge in [0.05, 0.1) is 0 Å². The second-order valence-electron chi connectivity index (χ2n) is 4.62. The molecular weight excluding hydrogens is 224 g/mol. The van der Waals surface area contributed by atoms with Crippen LogP contribution in [0.1, 0.15) is 35.1 Å². The zero-order valence-corrected chi connectivity index (χ0v) is 10.1. The molecule has 1 aliphatic carbocycles. The molecule has 16 heavy (non-hydrogen) atoms. The SMILES string of the molecule is CC(O)(Cc1cc2c(s1)CCCC2)C(=O)O. The average molecular weight is 240 g/mol. The number of carboxylic acids is 1. The largest absolute Gasteiger partial charge is 0.479 e. The van der Waals surface area contributed by atoms with E-state index in [2.05, 4.69) is 6.07 Å². The van der Waals surface area contributed by atoms with E-state index in [-0.39, 0.29) is 6.42 Å². The molecule has 1 unspecified atom stereocenters. The molecule has 1 aromatic heterocycles. The Balaban J connectivity index is 2.16. The van der Waals surface area contributed by atoms with Crippen LogP contribution in [0.5, 0.6) is 0 Å². The fraction of sp³-hybridized carbons (Fsp3) is 0.583. The van der Waals surface area contributed by atoms with Crippen molar-refractivity contribution in [1.82, 2.24) is 0 Å². The Labute approximate surface area is 98.7 Å². The number of carbonyl (C=O) groups is 1. The average Bonchev–Trinajstić information content (AvgIpc) is 2.58. The summed E-state index contributed by atoms with van der Waals surface area (Å²) in [6, 6.07) is 2.07. The number of hydrogen-bond donors (Lipinski definition) is 2. The Morgan fingerprint density at radius 3 is 2.81 bits per heavy atom. The van der Waals surface area contributed by atoms with Gasteiger partial charge in [-0.25, -0.2) is 4.79 Å². The maximum atomic E-state index is 10.8. The van der Waals surface area contributed by atoms with E-state index in [9.17, 15) is 9.90 Å². The Hall–Kier alpha value is -0.870. The highest BCUT2D eigenvalue weighted by molar-refractivity contribution is 7.12. The number of aliphatic carboxylic acids is 1. The third-order valence-corrected chi connectivity index (χ3v) is 4.26. The summed E-state index contributed by atoms with van der Waals surface area (Å²) in [6.07, 6.45) is 4.86. The van der Waals surface area contributed by atoms with Crippen LogP contribution in [0.25, 0.3) is 0 Å². The molecule has 1 aromatic rings. The molecule has 88 valence electrons. The van der Waals surface area contributed by atoms with Gasteiger partial charge in [0.15, 0.2) is 5.60 Å². The van der Waals surface area contributed by atoms with Crippen molar-refractivity contribution in [2.75, 3.05) is 0 Å². The van der Waals surface area contributed by atoms with Gasteiger partial charge in [-0.15, -0.1) is 11.3 Å². The van der Waals surface area contributed by atoms with Crippen molar-refractivity contribution < 1.29 is 15.0 Å². The third-order valence-electron chi connectivity index (χ3n) is 3.03. The van der Waals surface area contributed by atoms with Gasteiger partial charge < -0.3 is 10.2 Å². The molecule has 0 amide bonds. The predicted molar refractivity (Wildman–Crippen MR) is 62.9 cm³/mol. The fourth-order valence-electron chi connectivity index (χ4n) is 2.05. The number of aryl methyl sites for hydroxylation is 2. The van der Waals surface area contributed by atoms with Gasteiger partial charge >= 0.3 is 5.97 Å². The molecule has 0 radical (unpaired) electrons. The van der Waals surface area contributed by atoms with Crippen molar-refractivity contribution in [3.05, 3.63) is 21.4 Å². The highest BCUT2D eigenvalue weighted by Gasteiger charge is 2.31. The van der Waals surface area contributed by atoms with Crippen molar-refractivity contribution in [2.45, 2.75) is 44.6 Å². The van der Waals surface area contributed by atoms with E-state index >= 15 is 0 Å². The van der Waals surface area contributed by atoms with Crippen molar-refractivity contribution >= 4 is 17.3 Å². The smallest absolute Gasteiger partial charge is 0.335 e. The van der Waals surface area contributed by atoms with Crippen LogP contribution in [0.4, 0.5) is 0 Å². The molecule has 3 nitrogen and oxygen atoms in total. The minimum Gasteiger partial charge on any atom is -0.479 e. The van der Waals surface area contributed by atoms with E-state index in [0.29, 0.717) is 0 Å². The Kier molecular flexibility index (Phi) is 3.04. The molecule has 4 heteroatoms. The Morgan fingerprint density at radius 1 is 1.50 bits per heavy atom. The number of aliphatic hydroxyl groups is 1. The van der Waals surface area contributed by atoms with Gasteiger partial charge in [-0.1, -0.05) is 0 Å². The minimum absolute atomic E-state index is 0.208. The number of hydrogen-bond acceptors (Lipinski definition) is 3. The molecule has 1 atom stereocenters. The predicted octanol–water partition coefficient (Wildman–Crippen LogP) is 2.01. The van der Waals surface area contributed by atoms with Crippen molar-refractivity contribution in [3.63, 3.8) is 0 Å². The first-order chi connectivity index (χ1) is 7.49. The standard InChI is InChI=1S/C12H16O3S/c1-12(15,11(13)14)7-9-6-8-4-2-3-5-10(8)16-9/h6,15H,2-5,7H2,1H3,(H,13,14). The van der Waals surface area contributed by atoms with Crippen LogP contribution in [0.15, 0.2) is 6.07 Å². The molecule has 0 aromatic carbocycles. The lowest BCUT2D eigenvalue weighted by Gasteiger charge is -2.16. The summed E-state index contributed by atoms with van der Waals surface area (Å²) >= 11 is 1.66. The lowest BCUT2D eigenvalue weighted by Crippen LogP contribution is -2.36. The Morgan fingerprint density at radius 2 is 2.19 bits per heavy atom. The summed E-state index contributed by atoms with van der Waals surface area (Å²) in [4.78, 5) is 13.2. The van der Waals surface area contributed by atoms with E-state index < -0.39 is 11.6 Å². The third kappa shape index (κ3) is 2.28. The Bertz CT molecular complexity index is 383. The van der Waals surface area contributed by atoms with Gasteiger partial charge in [0.25, 0.3) is 0 Å². The van der Waals surface area contributed by atoms with E-state index in [1.54, 1.807) is 11.3 Å². The summed E-state index contributed by atoms with van der Waals surface area (Å²) in [5, 5.41) is 18.6. The molecule has 2 rings (SSSR count). The highest BCUT2D eigenvalue weighted by Crippen LogP contribution is 2.31. The fourth-order valence-corrected chi connectivity index (χ4v) is 3.46. The first-order valence-corrected chi connectivity index (χ1v) is 6.37. The monoisotopic (exact) mass is 240 g/mol. The van der Waals surface area contributed by atoms with Gasteiger partial charge in [0, 0.05) is 16.2 Å². The summed E-state index contributed by atoms with van der Waals surface area (Å²) < 4.78 is 0. The van der Waals surface area contributed by atoms with E-state index in [4.69, 9.17) is 5.11 Å². The van der Waals surface area contributed by atoms with E-state index in [0.717, 1.165) is 17.7 Å². The van der Waals surface area contributed by atoms with Crippen LogP contribution >= 0.6 is 11.3 Å². The molecule has 0 saturated carbocycles. The van der Waals surface area contributed by atoms with E-state index in [1.807, 2.05) is 0 Å². The second kappa shape index (κ2) is 4.18. The minimum atomic E-state index is -1.65. The molecule has 0 saturated heterocycles. The first-order valence-electron chi connectivity index (χ1n) is 5.55. The summed E-state index contributed by atoms with van der Waals surface area (Å²) in [7, 11) is 0. The zero-order chi connectivity index (χ0) is 11.8. The number of rotatable bonds is 3. The molecule has 2 N–H and O–H groups in total. The normalized spacial score (nSPS) is 18.9. The van der Waals surface area contributed by atoms with Crippen LogP contribution in [0.3, 0.4) is 0 Å². The molecular formula is C12H16O3S. The van der Waals surface area contributed by atoms with Crippen molar-refractivity contribution in [2.24, 2.45) is 0 Å². The lowest BCUT2D eigenvalue weighted by atomic mass is 9.97. The highest BCUT2D eigenvalue weighted by atomic mass is 32.1. The van der Waals surface area contributed by atoms with Crippen LogP contribution in [-0.2, 0) is 24.1 Å². The van der Waals surface area contributed by atoms with E-state index in [1.165, 1.54) is 30.2 Å². The van der Waals surface area contributed by atoms with Gasteiger partial charge in [-0.05, 0) is 44.2 Å². The lowest BCUT2D eigenvalue weighted by molar-refractivity contribution is -0.156. The quantitative estimate of drug-likeness (QED) is 0.849. The van der Waals surface area contributed by atoms with Gasteiger partial charge in [0.2, 0.25) is 0 Å². The summed E-state index contributed by atoms with van der Waals surface area (Å²) in [6.45, 7) is 1.36. The second-order valence-corrected chi connectivity index (χ2v) is 5.85. The maximum absolute atomic E-state index is 10.8. The van der Waals surface area contributed by atoms with Crippen LogP contribution < -0.4 is 0 Å². The van der Waals surface area contributed by atoms with Gasteiger partial charge in [-0.2, -0.15) is 0 Å². The number of thiophene rings is 1. The maximum Gasteiger partial charge on any atom is 0.335 e. The molecule has 0 aliphatic heterocycles. The summed E-state index contributed by atoms with van der Waals surface area (Å²) in [5.74, 6) is -1.15. The zero-order valence-electron chi connectivity index (χ0n) is 9.32. The molecule has 0 bridgehead atoms. The van der Waals surface area contributed by atoms with Crippen LogP contribution in [-0.4, -0.2) is 21.8 Å². The summed E-state index contributed by atoms with van der Waals surface area (Å²) in [5.41, 5.74) is -0.291. The number of fused-ring (bicyclic) bond motifs is 1. The first kappa shape index (κ1) is 11.6. The van der Waals surface area contributed by atoms with Crippen LogP contribution in [0.2, 0.25) is 0 Å². The van der Waals surface area contributed by atoms with Gasteiger partial charge in [-0.3, -0.25) is 0 Å². The topological polar surface area (TPSA) is 57.5 Å². The molecule has 1 heterocycles. The van der Waals surface area contributed by atoms with Crippen molar-refractivity contribution in [1.29, 1.82) is 0 Å².